The molecule has 1 fully saturated rings. The number of nitrogens with zero attached hydrogens (tertiary/aromatic N) is 1. The van der Waals surface area contributed by atoms with Crippen molar-refractivity contribution in [3.63, 3.8) is 0 Å². The van der Waals surface area contributed by atoms with Crippen LogP contribution in [0.4, 0.5) is 10.5 Å². The Bertz CT molecular complexity index is 467. The molecule has 104 valence electrons. The Balaban J connectivity index is 2.00. The van der Waals surface area contributed by atoms with E-state index < -0.39 is 6.10 Å². The van der Waals surface area contributed by atoms with Crippen LogP contribution in [0.1, 0.15) is 12.8 Å². The molecule has 1 saturated heterocycles. The van der Waals surface area contributed by atoms with E-state index in [9.17, 15) is 9.90 Å². The number of aliphatic hydroxyl groups excluding tert-OH is 1. The van der Waals surface area contributed by atoms with Crippen molar-refractivity contribution in [2.45, 2.75) is 18.9 Å². The maximum atomic E-state index is 12.0. The predicted molar refractivity (Wildman–Crippen MR) is 73.8 cm³/mol. The minimum absolute atomic E-state index is 0.222. The highest BCUT2D eigenvalue weighted by Gasteiger charge is 2.22. The lowest BCUT2D eigenvalue weighted by molar-refractivity contribution is 0.0883. The molecule has 0 aliphatic carbocycles. The monoisotopic (exact) mass is 284 g/mol. The highest BCUT2D eigenvalue weighted by Crippen LogP contribution is 2.27. The van der Waals surface area contributed by atoms with Crippen LogP contribution in [0.3, 0.4) is 0 Å². The number of likely N-dealkylation sites (tertiary alicyclic amines) is 1. The van der Waals surface area contributed by atoms with Crippen molar-refractivity contribution in [1.82, 2.24) is 4.90 Å². The molecule has 1 atom stereocenters. The molecule has 0 saturated carbocycles. The Morgan fingerprint density at radius 3 is 3.00 bits per heavy atom. The first-order chi connectivity index (χ1) is 9.10. The Kier molecular flexibility index (Phi) is 4.50. The van der Waals surface area contributed by atoms with E-state index in [-0.39, 0.29) is 6.03 Å². The number of anilines is 1. The number of ether oxygens (including phenoxy) is 1. The quantitative estimate of drug-likeness (QED) is 0.876. The lowest BCUT2D eigenvalue weighted by Crippen LogP contribution is -2.44. The van der Waals surface area contributed by atoms with Crippen LogP contribution in [0.25, 0.3) is 0 Å². The number of halogens is 1. The lowest BCUT2D eigenvalue weighted by Gasteiger charge is -2.30. The number of hydrogen-bond donors (Lipinski definition) is 2. The topological polar surface area (TPSA) is 61.8 Å². The van der Waals surface area contributed by atoms with Crippen molar-refractivity contribution in [1.29, 1.82) is 0 Å². The van der Waals surface area contributed by atoms with Crippen LogP contribution < -0.4 is 10.1 Å². The molecule has 19 heavy (non-hydrogen) atoms. The normalized spacial score (nSPS) is 19.1. The van der Waals surface area contributed by atoms with E-state index >= 15 is 0 Å². The summed E-state index contributed by atoms with van der Waals surface area (Å²) in [6, 6.07) is 4.84. The van der Waals surface area contributed by atoms with Gasteiger partial charge in [0.25, 0.3) is 0 Å². The minimum Gasteiger partial charge on any atom is -0.495 e. The van der Waals surface area contributed by atoms with E-state index in [1.54, 1.807) is 23.1 Å². The van der Waals surface area contributed by atoms with Crippen molar-refractivity contribution in [2.24, 2.45) is 0 Å². The van der Waals surface area contributed by atoms with E-state index in [1.807, 2.05) is 0 Å². The summed E-state index contributed by atoms with van der Waals surface area (Å²) in [5.74, 6) is 0.563. The largest absolute Gasteiger partial charge is 0.495 e. The fourth-order valence-corrected chi connectivity index (χ4v) is 2.34. The van der Waals surface area contributed by atoms with Gasteiger partial charge in [0.15, 0.2) is 0 Å². The second-order valence-electron chi connectivity index (χ2n) is 4.52. The number of carbonyl (C=O) groups excluding carboxylic acids is 1. The van der Waals surface area contributed by atoms with Crippen molar-refractivity contribution >= 4 is 23.3 Å². The van der Waals surface area contributed by atoms with Gasteiger partial charge in [-0.25, -0.2) is 4.79 Å². The Morgan fingerprint density at radius 2 is 2.37 bits per heavy atom. The highest BCUT2D eigenvalue weighted by molar-refractivity contribution is 6.32. The maximum Gasteiger partial charge on any atom is 0.321 e. The van der Waals surface area contributed by atoms with Gasteiger partial charge in [-0.3, -0.25) is 0 Å². The number of hydrogen-bond acceptors (Lipinski definition) is 3. The SMILES string of the molecule is COc1ccc(NC(=O)N2CCC[C@@H](O)C2)cc1Cl. The summed E-state index contributed by atoms with van der Waals surface area (Å²) in [6.45, 7) is 1.03. The zero-order chi connectivity index (χ0) is 13.8. The van der Waals surface area contributed by atoms with Crippen molar-refractivity contribution < 1.29 is 14.6 Å². The molecule has 2 N–H and O–H groups in total. The number of benzene rings is 1. The van der Waals surface area contributed by atoms with Gasteiger partial charge in [0.2, 0.25) is 0 Å². The number of carbonyl (C=O) groups is 1. The second kappa shape index (κ2) is 6.12. The first-order valence-corrected chi connectivity index (χ1v) is 6.55. The Morgan fingerprint density at radius 1 is 1.58 bits per heavy atom. The molecule has 2 rings (SSSR count). The number of nitrogens with one attached hydrogen (secondary N) is 1. The lowest BCUT2D eigenvalue weighted by atomic mass is 10.1. The number of methoxy groups -OCH3 is 1. The molecule has 1 aliphatic rings. The molecule has 0 spiro atoms. The van der Waals surface area contributed by atoms with Crippen molar-refractivity contribution in [2.75, 3.05) is 25.5 Å². The van der Waals surface area contributed by atoms with Gasteiger partial charge in [0.1, 0.15) is 5.75 Å². The molecule has 1 heterocycles. The minimum atomic E-state index is -0.432. The molecule has 1 aliphatic heterocycles. The first-order valence-electron chi connectivity index (χ1n) is 6.17. The molecule has 6 heteroatoms. The Hall–Kier alpha value is -1.46. The van der Waals surface area contributed by atoms with Crippen LogP contribution in [0.15, 0.2) is 18.2 Å². The van der Waals surface area contributed by atoms with E-state index in [4.69, 9.17) is 16.3 Å². The molecular weight excluding hydrogens is 268 g/mol. The summed E-state index contributed by atoms with van der Waals surface area (Å²) in [5, 5.41) is 12.8. The number of piperidine rings is 1. The van der Waals surface area contributed by atoms with Crippen LogP contribution in [0.5, 0.6) is 5.75 Å². The third-order valence-electron chi connectivity index (χ3n) is 3.09. The summed E-state index contributed by atoms with van der Waals surface area (Å²) < 4.78 is 5.05. The summed E-state index contributed by atoms with van der Waals surface area (Å²) in [7, 11) is 1.54. The van der Waals surface area contributed by atoms with Crippen molar-refractivity contribution in [3.8, 4) is 5.75 Å². The molecule has 2 amide bonds. The summed E-state index contributed by atoms with van der Waals surface area (Å²) >= 11 is 5.99. The molecule has 0 unspecified atom stereocenters. The van der Waals surface area contributed by atoms with Crippen molar-refractivity contribution in [3.05, 3.63) is 23.2 Å². The summed E-state index contributed by atoms with van der Waals surface area (Å²) in [5.41, 5.74) is 0.607. The van der Waals surface area contributed by atoms with Crippen LogP contribution in [-0.4, -0.2) is 42.3 Å². The average molecular weight is 285 g/mol. The highest BCUT2D eigenvalue weighted by atomic mass is 35.5. The van der Waals surface area contributed by atoms with Crippen LogP contribution >= 0.6 is 11.6 Å². The number of urea groups is 1. The van der Waals surface area contributed by atoms with Gasteiger partial charge in [-0.05, 0) is 31.0 Å². The van der Waals surface area contributed by atoms with Crippen LogP contribution in [0, 0.1) is 0 Å². The zero-order valence-electron chi connectivity index (χ0n) is 10.7. The van der Waals surface area contributed by atoms with Gasteiger partial charge in [-0.2, -0.15) is 0 Å². The van der Waals surface area contributed by atoms with E-state index in [2.05, 4.69) is 5.32 Å². The van der Waals surface area contributed by atoms with E-state index in [0.717, 1.165) is 12.8 Å². The molecule has 0 bridgehead atoms. The zero-order valence-corrected chi connectivity index (χ0v) is 11.5. The molecule has 0 aromatic heterocycles. The smallest absolute Gasteiger partial charge is 0.321 e. The fraction of sp³-hybridized carbons (Fsp3) is 0.462. The molecular formula is C13H17ClN2O3. The number of amides is 2. The third-order valence-corrected chi connectivity index (χ3v) is 3.38. The summed E-state index contributed by atoms with van der Waals surface area (Å²) in [4.78, 5) is 13.6. The molecule has 5 nitrogen and oxygen atoms in total. The standard InChI is InChI=1S/C13H17ClN2O3/c1-19-12-5-4-9(7-11(12)14)15-13(18)16-6-2-3-10(17)8-16/h4-5,7,10,17H,2-3,6,8H2,1H3,(H,15,18)/t10-/m1/s1. The fourth-order valence-electron chi connectivity index (χ4n) is 2.09. The number of β-amino-alcohol motifs (C(OH)–C–C–N with tert-alkyl or cyclic N) is 1. The molecule has 1 aromatic carbocycles. The van der Waals surface area contributed by atoms with E-state index in [1.165, 1.54) is 7.11 Å². The van der Waals surface area contributed by atoms with Gasteiger partial charge in [-0.1, -0.05) is 11.6 Å². The first kappa shape index (κ1) is 14.0. The van der Waals surface area contributed by atoms with E-state index in [0.29, 0.717) is 29.5 Å². The second-order valence-corrected chi connectivity index (χ2v) is 4.93. The van der Waals surface area contributed by atoms with Crippen LogP contribution in [-0.2, 0) is 0 Å². The number of rotatable bonds is 2. The van der Waals surface area contributed by atoms with Gasteiger partial charge in [0.05, 0.1) is 18.2 Å². The Labute approximate surface area is 117 Å². The van der Waals surface area contributed by atoms with Gasteiger partial charge in [0, 0.05) is 18.8 Å². The maximum absolute atomic E-state index is 12.0. The van der Waals surface area contributed by atoms with Gasteiger partial charge < -0.3 is 20.1 Å². The third kappa shape index (κ3) is 3.52. The van der Waals surface area contributed by atoms with Gasteiger partial charge in [-0.15, -0.1) is 0 Å². The molecule has 0 radical (unpaired) electrons. The number of aliphatic hydroxyl groups is 1. The molecule has 1 aromatic rings. The van der Waals surface area contributed by atoms with Gasteiger partial charge >= 0.3 is 6.03 Å². The summed E-state index contributed by atoms with van der Waals surface area (Å²) in [6.07, 6.45) is 1.13. The predicted octanol–water partition coefficient (Wildman–Crippen LogP) is 2.34. The van der Waals surface area contributed by atoms with Crippen LogP contribution in [0.2, 0.25) is 5.02 Å². The average Bonchev–Trinajstić information content (AvgIpc) is 2.39.